The number of nitrogens with zero attached hydrogens (tertiary/aromatic N) is 1. The van der Waals surface area contributed by atoms with Gasteiger partial charge in [-0.05, 0) is 12.1 Å². The molecule has 1 N–H and O–H groups in total. The highest BCUT2D eigenvalue weighted by molar-refractivity contribution is 7.99. The summed E-state index contributed by atoms with van der Waals surface area (Å²) in [5.41, 5.74) is 0.984. The van der Waals surface area contributed by atoms with Gasteiger partial charge in [-0.15, -0.1) is 0 Å². The van der Waals surface area contributed by atoms with E-state index in [4.69, 9.17) is 0 Å². The summed E-state index contributed by atoms with van der Waals surface area (Å²) in [6.07, 6.45) is 1.31. The minimum Gasteiger partial charge on any atom is -0.313 e. The van der Waals surface area contributed by atoms with E-state index in [0.29, 0.717) is 22.4 Å². The van der Waals surface area contributed by atoms with Gasteiger partial charge in [-0.1, -0.05) is 23.9 Å². The average Bonchev–Trinajstić information content (AvgIpc) is 2.29. The zero-order valence-corrected chi connectivity index (χ0v) is 9.38. The van der Waals surface area contributed by atoms with E-state index in [-0.39, 0.29) is 5.56 Å². The molecular formula is C11H8F2N2OS. The number of rotatable bonds is 3. The monoisotopic (exact) mass is 254 g/mol. The van der Waals surface area contributed by atoms with Crippen molar-refractivity contribution in [1.82, 2.24) is 9.97 Å². The second kappa shape index (κ2) is 5.09. The predicted octanol–water partition coefficient (Wildman–Crippen LogP) is 2.75. The van der Waals surface area contributed by atoms with Crippen LogP contribution in [0.25, 0.3) is 11.3 Å². The molecule has 1 heterocycles. The van der Waals surface area contributed by atoms with E-state index in [9.17, 15) is 13.6 Å². The Morgan fingerprint density at radius 2 is 1.94 bits per heavy atom. The van der Waals surface area contributed by atoms with Crippen molar-refractivity contribution in [2.24, 2.45) is 0 Å². The van der Waals surface area contributed by atoms with Gasteiger partial charge in [0.1, 0.15) is 0 Å². The first-order chi connectivity index (χ1) is 8.15. The molecule has 3 nitrogen and oxygen atoms in total. The van der Waals surface area contributed by atoms with Crippen molar-refractivity contribution in [3.05, 3.63) is 47.0 Å². The number of alkyl halides is 2. The Balaban J connectivity index is 2.26. The summed E-state index contributed by atoms with van der Waals surface area (Å²) in [5, 5.41) is 0. The van der Waals surface area contributed by atoms with Crippen LogP contribution in [0.15, 0.2) is 46.3 Å². The van der Waals surface area contributed by atoms with Crippen molar-refractivity contribution in [1.29, 1.82) is 0 Å². The first-order valence-corrected chi connectivity index (χ1v) is 5.63. The van der Waals surface area contributed by atoms with Crippen LogP contribution < -0.4 is 5.56 Å². The van der Waals surface area contributed by atoms with E-state index in [0.717, 1.165) is 5.56 Å². The summed E-state index contributed by atoms with van der Waals surface area (Å²) in [5.74, 6) is -2.43. The molecule has 6 heteroatoms. The molecule has 88 valence electrons. The molecule has 0 fully saturated rings. The SMILES string of the molecule is O=c1cc(-c2ccc(SC(F)F)cc2)nc[nH]1. The number of benzene rings is 1. The zero-order chi connectivity index (χ0) is 12.3. The number of hydrogen-bond acceptors (Lipinski definition) is 3. The van der Waals surface area contributed by atoms with Crippen LogP contribution in [-0.2, 0) is 0 Å². The number of H-pyrrole nitrogens is 1. The first kappa shape index (κ1) is 11.8. The lowest BCUT2D eigenvalue weighted by Gasteiger charge is -2.02. The van der Waals surface area contributed by atoms with Crippen LogP contribution in [0.2, 0.25) is 0 Å². The third-order valence-electron chi connectivity index (χ3n) is 2.05. The molecule has 0 atom stereocenters. The molecule has 0 amide bonds. The number of aromatic nitrogens is 2. The van der Waals surface area contributed by atoms with Gasteiger partial charge in [0.25, 0.3) is 11.3 Å². The zero-order valence-electron chi connectivity index (χ0n) is 8.56. The molecule has 0 spiro atoms. The molecule has 1 aromatic heterocycles. The molecular weight excluding hydrogens is 246 g/mol. The van der Waals surface area contributed by atoms with Crippen molar-refractivity contribution >= 4 is 11.8 Å². The number of thioether (sulfide) groups is 1. The molecule has 1 aromatic carbocycles. The normalized spacial score (nSPS) is 10.8. The Bertz CT molecular complexity index is 554. The summed E-state index contributed by atoms with van der Waals surface area (Å²) >= 11 is 0.484. The molecule has 0 aliphatic heterocycles. The highest BCUT2D eigenvalue weighted by Gasteiger charge is 2.05. The first-order valence-electron chi connectivity index (χ1n) is 4.75. The van der Waals surface area contributed by atoms with E-state index < -0.39 is 5.76 Å². The van der Waals surface area contributed by atoms with Crippen LogP contribution in [0.1, 0.15) is 0 Å². The fourth-order valence-electron chi connectivity index (χ4n) is 1.33. The Kier molecular flexibility index (Phi) is 3.53. The Labute approximate surface area is 99.9 Å². The number of halogens is 2. The number of nitrogens with one attached hydrogen (secondary N) is 1. The van der Waals surface area contributed by atoms with Crippen molar-refractivity contribution in [3.63, 3.8) is 0 Å². The van der Waals surface area contributed by atoms with E-state index in [2.05, 4.69) is 9.97 Å². The lowest BCUT2D eigenvalue weighted by molar-refractivity contribution is 0.252. The standard InChI is InChI=1S/C11H8F2N2OS/c12-11(13)17-8-3-1-7(2-4-8)9-5-10(16)15-6-14-9/h1-6,11H,(H,14,15,16). The van der Waals surface area contributed by atoms with Gasteiger partial charge in [0, 0.05) is 16.5 Å². The minimum atomic E-state index is -2.43. The molecule has 0 unspecified atom stereocenters. The molecule has 0 aliphatic rings. The second-order valence-electron chi connectivity index (χ2n) is 3.20. The minimum absolute atomic E-state index is 0.249. The predicted molar refractivity (Wildman–Crippen MR) is 62.2 cm³/mol. The van der Waals surface area contributed by atoms with Gasteiger partial charge in [0.05, 0.1) is 12.0 Å². The number of hydrogen-bond donors (Lipinski definition) is 1. The Morgan fingerprint density at radius 3 is 2.53 bits per heavy atom. The maximum atomic E-state index is 12.1. The lowest BCUT2D eigenvalue weighted by atomic mass is 10.1. The smallest absolute Gasteiger partial charge is 0.288 e. The van der Waals surface area contributed by atoms with Crippen LogP contribution in [0.4, 0.5) is 8.78 Å². The quantitative estimate of drug-likeness (QED) is 0.857. The van der Waals surface area contributed by atoms with Crippen molar-refractivity contribution in [2.75, 3.05) is 0 Å². The van der Waals surface area contributed by atoms with Gasteiger partial charge >= 0.3 is 0 Å². The fraction of sp³-hybridized carbons (Fsp3) is 0.0909. The molecule has 0 bridgehead atoms. The third kappa shape index (κ3) is 3.13. The maximum Gasteiger partial charge on any atom is 0.288 e. The van der Waals surface area contributed by atoms with Crippen LogP contribution in [-0.4, -0.2) is 15.7 Å². The molecule has 2 rings (SSSR count). The van der Waals surface area contributed by atoms with Gasteiger partial charge in [-0.25, -0.2) is 4.98 Å². The molecule has 17 heavy (non-hydrogen) atoms. The largest absolute Gasteiger partial charge is 0.313 e. The summed E-state index contributed by atoms with van der Waals surface area (Å²) in [7, 11) is 0. The van der Waals surface area contributed by atoms with Gasteiger partial charge in [0.2, 0.25) is 0 Å². The fourth-order valence-corrected chi connectivity index (χ4v) is 1.83. The third-order valence-corrected chi connectivity index (χ3v) is 2.78. The van der Waals surface area contributed by atoms with Crippen molar-refractivity contribution in [3.8, 4) is 11.3 Å². The Morgan fingerprint density at radius 1 is 1.24 bits per heavy atom. The van der Waals surface area contributed by atoms with Crippen molar-refractivity contribution in [2.45, 2.75) is 10.7 Å². The highest BCUT2D eigenvalue weighted by atomic mass is 32.2. The van der Waals surface area contributed by atoms with Gasteiger partial charge in [-0.3, -0.25) is 4.79 Å². The van der Waals surface area contributed by atoms with Crippen LogP contribution in [0.5, 0.6) is 0 Å². The van der Waals surface area contributed by atoms with Gasteiger partial charge < -0.3 is 4.98 Å². The van der Waals surface area contributed by atoms with E-state index in [1.165, 1.54) is 12.4 Å². The summed E-state index contributed by atoms with van der Waals surface area (Å²) in [6.45, 7) is 0. The number of aromatic amines is 1. The molecule has 0 aliphatic carbocycles. The van der Waals surface area contributed by atoms with E-state index >= 15 is 0 Å². The highest BCUT2D eigenvalue weighted by Crippen LogP contribution is 2.26. The molecule has 0 saturated heterocycles. The van der Waals surface area contributed by atoms with Crippen LogP contribution in [0, 0.1) is 0 Å². The van der Waals surface area contributed by atoms with E-state index in [1.807, 2.05) is 0 Å². The second-order valence-corrected chi connectivity index (χ2v) is 4.26. The van der Waals surface area contributed by atoms with Crippen molar-refractivity contribution < 1.29 is 8.78 Å². The summed E-state index contributed by atoms with van der Waals surface area (Å²) < 4.78 is 24.2. The lowest BCUT2D eigenvalue weighted by Crippen LogP contribution is -2.04. The molecule has 0 saturated carbocycles. The van der Waals surface area contributed by atoms with Gasteiger partial charge in [-0.2, -0.15) is 8.78 Å². The molecule has 0 radical (unpaired) electrons. The van der Waals surface area contributed by atoms with Crippen LogP contribution >= 0.6 is 11.8 Å². The summed E-state index contributed by atoms with van der Waals surface area (Å²) in [6, 6.07) is 7.83. The average molecular weight is 254 g/mol. The molecule has 2 aromatic rings. The maximum absolute atomic E-state index is 12.1. The Hall–Kier alpha value is -1.69. The van der Waals surface area contributed by atoms with Gasteiger partial charge in [0.15, 0.2) is 0 Å². The summed E-state index contributed by atoms with van der Waals surface area (Å²) in [4.78, 5) is 18.0. The van der Waals surface area contributed by atoms with E-state index in [1.54, 1.807) is 24.3 Å². The van der Waals surface area contributed by atoms with Crippen LogP contribution in [0.3, 0.4) is 0 Å². The topological polar surface area (TPSA) is 45.8 Å².